The highest BCUT2D eigenvalue weighted by Crippen LogP contribution is 2.20. The first-order valence-electron chi connectivity index (χ1n) is 8.57. The van der Waals surface area contributed by atoms with Gasteiger partial charge in [-0.15, -0.1) is 0 Å². The highest BCUT2D eigenvalue weighted by molar-refractivity contribution is 5.82. The summed E-state index contributed by atoms with van der Waals surface area (Å²) in [4.78, 5) is 18.9. The monoisotopic (exact) mass is 328 g/mol. The van der Waals surface area contributed by atoms with Crippen LogP contribution in [0, 0.1) is 6.92 Å². The minimum Gasteiger partial charge on any atom is -0.355 e. The number of benzene rings is 1. The van der Waals surface area contributed by atoms with Crippen LogP contribution in [0.5, 0.6) is 0 Å². The van der Waals surface area contributed by atoms with Crippen molar-refractivity contribution >= 4 is 5.91 Å². The predicted octanol–water partition coefficient (Wildman–Crippen LogP) is 2.09. The Bertz CT molecular complexity index is 656. The van der Waals surface area contributed by atoms with Crippen LogP contribution in [-0.2, 0) is 17.8 Å². The standard InChI is InChI=1S/C18H24N4O2/c1-14-20-17(24-21-14)10-5-11-19-18(23)16-9-6-12-22(16)13-15-7-3-2-4-8-15/h2-4,7-8,16H,5-6,9-13H2,1H3,(H,19,23). The third kappa shape index (κ3) is 4.41. The molecule has 1 aliphatic rings. The molecule has 1 aromatic carbocycles. The smallest absolute Gasteiger partial charge is 0.237 e. The molecule has 1 aliphatic heterocycles. The first-order chi connectivity index (χ1) is 11.7. The largest absolute Gasteiger partial charge is 0.355 e. The van der Waals surface area contributed by atoms with Crippen molar-refractivity contribution in [3.05, 3.63) is 47.6 Å². The molecule has 3 rings (SSSR count). The van der Waals surface area contributed by atoms with Gasteiger partial charge in [0.2, 0.25) is 11.8 Å². The van der Waals surface area contributed by atoms with Crippen molar-refractivity contribution in [1.82, 2.24) is 20.4 Å². The van der Waals surface area contributed by atoms with Gasteiger partial charge in [-0.25, -0.2) is 0 Å². The Balaban J connectivity index is 1.43. The molecule has 2 heterocycles. The molecule has 1 aromatic heterocycles. The molecule has 1 saturated heterocycles. The van der Waals surface area contributed by atoms with Crippen molar-refractivity contribution in [2.24, 2.45) is 0 Å². The lowest BCUT2D eigenvalue weighted by molar-refractivity contribution is -0.125. The van der Waals surface area contributed by atoms with Crippen LogP contribution in [0.25, 0.3) is 0 Å². The molecule has 1 unspecified atom stereocenters. The maximum absolute atomic E-state index is 12.5. The van der Waals surface area contributed by atoms with Gasteiger partial charge in [0.15, 0.2) is 5.82 Å². The quantitative estimate of drug-likeness (QED) is 0.788. The van der Waals surface area contributed by atoms with Gasteiger partial charge >= 0.3 is 0 Å². The summed E-state index contributed by atoms with van der Waals surface area (Å²) in [6, 6.07) is 10.3. The molecule has 1 amide bonds. The fourth-order valence-corrected chi connectivity index (χ4v) is 3.14. The van der Waals surface area contributed by atoms with Crippen molar-refractivity contribution in [2.75, 3.05) is 13.1 Å². The zero-order chi connectivity index (χ0) is 16.8. The van der Waals surface area contributed by atoms with Gasteiger partial charge in [-0.05, 0) is 38.3 Å². The minimum absolute atomic E-state index is 0.0177. The molecule has 6 heteroatoms. The Kier molecular flexibility index (Phi) is 5.59. The second-order valence-electron chi connectivity index (χ2n) is 6.24. The van der Waals surface area contributed by atoms with Crippen LogP contribution in [0.2, 0.25) is 0 Å². The zero-order valence-electron chi connectivity index (χ0n) is 14.1. The lowest BCUT2D eigenvalue weighted by Gasteiger charge is -2.23. The summed E-state index contributed by atoms with van der Waals surface area (Å²) in [5.74, 6) is 1.41. The third-order valence-corrected chi connectivity index (χ3v) is 4.33. The molecule has 1 fully saturated rings. The number of aromatic nitrogens is 2. The SMILES string of the molecule is Cc1noc(CCCNC(=O)C2CCCN2Cc2ccccc2)n1. The van der Waals surface area contributed by atoms with Crippen LogP contribution in [-0.4, -0.2) is 40.1 Å². The van der Waals surface area contributed by atoms with E-state index in [0.717, 1.165) is 32.4 Å². The summed E-state index contributed by atoms with van der Waals surface area (Å²) in [6.45, 7) is 4.25. The number of aryl methyl sites for hydroxylation is 2. The van der Waals surface area contributed by atoms with Crippen molar-refractivity contribution in [3.8, 4) is 0 Å². The summed E-state index contributed by atoms with van der Waals surface area (Å²) in [5.41, 5.74) is 1.25. The second-order valence-corrected chi connectivity index (χ2v) is 6.24. The molecule has 0 radical (unpaired) electrons. The third-order valence-electron chi connectivity index (χ3n) is 4.33. The van der Waals surface area contributed by atoms with E-state index >= 15 is 0 Å². The summed E-state index contributed by atoms with van der Waals surface area (Å²) < 4.78 is 5.07. The number of nitrogens with one attached hydrogen (secondary N) is 1. The molecule has 6 nitrogen and oxygen atoms in total. The van der Waals surface area contributed by atoms with Gasteiger partial charge in [-0.3, -0.25) is 9.69 Å². The van der Waals surface area contributed by atoms with Gasteiger partial charge in [-0.1, -0.05) is 35.5 Å². The van der Waals surface area contributed by atoms with Crippen molar-refractivity contribution in [2.45, 2.75) is 45.2 Å². The molecule has 128 valence electrons. The van der Waals surface area contributed by atoms with E-state index in [2.05, 4.69) is 32.5 Å². The van der Waals surface area contributed by atoms with Crippen LogP contribution < -0.4 is 5.32 Å². The van der Waals surface area contributed by atoms with Gasteiger partial charge in [0.05, 0.1) is 6.04 Å². The normalized spacial score (nSPS) is 18.0. The molecular weight excluding hydrogens is 304 g/mol. The van der Waals surface area contributed by atoms with E-state index in [4.69, 9.17) is 4.52 Å². The molecule has 24 heavy (non-hydrogen) atoms. The van der Waals surface area contributed by atoms with E-state index in [1.807, 2.05) is 18.2 Å². The van der Waals surface area contributed by atoms with Crippen LogP contribution in [0.4, 0.5) is 0 Å². The van der Waals surface area contributed by atoms with Crippen LogP contribution >= 0.6 is 0 Å². The van der Waals surface area contributed by atoms with Crippen molar-refractivity contribution in [1.29, 1.82) is 0 Å². The highest BCUT2D eigenvalue weighted by Gasteiger charge is 2.30. The Hall–Kier alpha value is -2.21. The molecule has 2 aromatic rings. The maximum Gasteiger partial charge on any atom is 0.237 e. The molecule has 0 aliphatic carbocycles. The second kappa shape index (κ2) is 8.06. The fourth-order valence-electron chi connectivity index (χ4n) is 3.14. The number of carbonyl (C=O) groups is 1. The van der Waals surface area contributed by atoms with Gasteiger partial charge in [-0.2, -0.15) is 4.98 Å². The van der Waals surface area contributed by atoms with Gasteiger partial charge in [0.25, 0.3) is 0 Å². The average molecular weight is 328 g/mol. The first kappa shape index (κ1) is 16.6. The number of likely N-dealkylation sites (tertiary alicyclic amines) is 1. The van der Waals surface area contributed by atoms with E-state index in [0.29, 0.717) is 24.7 Å². The maximum atomic E-state index is 12.5. The first-order valence-corrected chi connectivity index (χ1v) is 8.57. The lowest BCUT2D eigenvalue weighted by atomic mass is 10.1. The summed E-state index contributed by atoms with van der Waals surface area (Å²) in [6.07, 6.45) is 3.51. The van der Waals surface area contributed by atoms with Crippen LogP contribution in [0.3, 0.4) is 0 Å². The summed E-state index contributed by atoms with van der Waals surface area (Å²) in [5, 5.41) is 6.81. The molecule has 0 saturated carbocycles. The summed E-state index contributed by atoms with van der Waals surface area (Å²) >= 11 is 0. The van der Waals surface area contributed by atoms with E-state index < -0.39 is 0 Å². The van der Waals surface area contributed by atoms with E-state index in [-0.39, 0.29) is 11.9 Å². The molecular formula is C18H24N4O2. The number of carbonyl (C=O) groups excluding carboxylic acids is 1. The Labute approximate surface area is 142 Å². The average Bonchev–Trinajstić information content (AvgIpc) is 3.21. The van der Waals surface area contributed by atoms with Crippen LogP contribution in [0.15, 0.2) is 34.9 Å². The zero-order valence-corrected chi connectivity index (χ0v) is 14.1. The van der Waals surface area contributed by atoms with Gasteiger partial charge < -0.3 is 9.84 Å². The number of rotatable bonds is 7. The molecule has 1 atom stereocenters. The number of amides is 1. The Morgan fingerprint density at radius 1 is 1.38 bits per heavy atom. The number of hydrogen-bond donors (Lipinski definition) is 1. The molecule has 0 spiro atoms. The highest BCUT2D eigenvalue weighted by atomic mass is 16.5. The minimum atomic E-state index is -0.0177. The van der Waals surface area contributed by atoms with E-state index in [1.54, 1.807) is 6.92 Å². The Morgan fingerprint density at radius 3 is 2.96 bits per heavy atom. The van der Waals surface area contributed by atoms with E-state index in [1.165, 1.54) is 5.56 Å². The molecule has 1 N–H and O–H groups in total. The van der Waals surface area contributed by atoms with Crippen LogP contribution in [0.1, 0.15) is 36.5 Å². The van der Waals surface area contributed by atoms with Crippen molar-refractivity contribution in [3.63, 3.8) is 0 Å². The predicted molar refractivity (Wildman–Crippen MR) is 90.2 cm³/mol. The number of nitrogens with zero attached hydrogens (tertiary/aromatic N) is 3. The number of hydrogen-bond acceptors (Lipinski definition) is 5. The van der Waals surface area contributed by atoms with E-state index in [9.17, 15) is 4.79 Å². The lowest BCUT2D eigenvalue weighted by Crippen LogP contribution is -2.43. The fraction of sp³-hybridized carbons (Fsp3) is 0.500. The summed E-state index contributed by atoms with van der Waals surface area (Å²) in [7, 11) is 0. The van der Waals surface area contributed by atoms with Crippen molar-refractivity contribution < 1.29 is 9.32 Å². The molecule has 0 bridgehead atoms. The Morgan fingerprint density at radius 2 is 2.21 bits per heavy atom. The topological polar surface area (TPSA) is 71.3 Å². The van der Waals surface area contributed by atoms with Gasteiger partial charge in [0.1, 0.15) is 0 Å². The van der Waals surface area contributed by atoms with Gasteiger partial charge in [0, 0.05) is 19.5 Å².